The van der Waals surface area contributed by atoms with Gasteiger partial charge in [0.2, 0.25) is 0 Å². The Morgan fingerprint density at radius 3 is 2.63 bits per heavy atom. The number of halogens is 1. The molecule has 0 unspecified atom stereocenters. The minimum Gasteiger partial charge on any atom is -0.508 e. The molecule has 5 heteroatoms. The maximum atomic E-state index is 12.3. The molecule has 0 spiro atoms. The molecule has 0 aliphatic heterocycles. The van der Waals surface area contributed by atoms with Gasteiger partial charge in [-0.25, -0.2) is 0 Å². The van der Waals surface area contributed by atoms with Crippen LogP contribution in [0.2, 0.25) is 5.02 Å². The Labute approximate surface area is 116 Å². The quantitative estimate of drug-likeness (QED) is 0.829. The normalized spacial score (nSPS) is 10.2. The minimum absolute atomic E-state index is 0.0934. The summed E-state index contributed by atoms with van der Waals surface area (Å²) in [5.74, 6) is -0.196. The molecule has 0 atom stereocenters. The summed E-state index contributed by atoms with van der Waals surface area (Å²) in [6.45, 7) is 0. The van der Waals surface area contributed by atoms with E-state index in [2.05, 4.69) is 0 Å². The van der Waals surface area contributed by atoms with Crippen molar-refractivity contribution >= 4 is 28.9 Å². The molecule has 19 heavy (non-hydrogen) atoms. The fraction of sp³-hybridized carbons (Fsp3) is 0.0714. The summed E-state index contributed by atoms with van der Waals surface area (Å²) >= 11 is 6.03. The molecule has 0 heterocycles. The Morgan fingerprint density at radius 2 is 1.95 bits per heavy atom. The monoisotopic (exact) mass is 276 g/mol. The van der Waals surface area contributed by atoms with Gasteiger partial charge in [-0.2, -0.15) is 0 Å². The van der Waals surface area contributed by atoms with Crippen LogP contribution in [0.3, 0.4) is 0 Å². The van der Waals surface area contributed by atoms with Crippen molar-refractivity contribution in [1.82, 2.24) is 0 Å². The minimum atomic E-state index is -0.289. The zero-order chi connectivity index (χ0) is 14.0. The van der Waals surface area contributed by atoms with Gasteiger partial charge in [0.25, 0.3) is 5.91 Å². The van der Waals surface area contributed by atoms with Gasteiger partial charge in [-0.3, -0.25) is 4.79 Å². The van der Waals surface area contributed by atoms with Crippen LogP contribution in [-0.4, -0.2) is 18.1 Å². The van der Waals surface area contributed by atoms with Crippen LogP contribution in [0.4, 0.5) is 11.4 Å². The van der Waals surface area contributed by atoms with Gasteiger partial charge in [0.1, 0.15) is 5.75 Å². The van der Waals surface area contributed by atoms with Crippen LogP contribution in [0.1, 0.15) is 10.4 Å². The Kier molecular flexibility index (Phi) is 3.62. The first-order valence-electron chi connectivity index (χ1n) is 5.62. The number of phenolic OH excluding ortho intramolecular Hbond substituents is 1. The first-order valence-corrected chi connectivity index (χ1v) is 5.99. The molecular formula is C14H13ClN2O2. The highest BCUT2D eigenvalue weighted by Gasteiger charge is 2.17. The number of carbonyl (C=O) groups excluding carboxylic acids is 1. The van der Waals surface area contributed by atoms with Gasteiger partial charge in [-0.1, -0.05) is 23.7 Å². The van der Waals surface area contributed by atoms with Crippen LogP contribution in [-0.2, 0) is 0 Å². The van der Waals surface area contributed by atoms with Crippen molar-refractivity contribution < 1.29 is 9.90 Å². The van der Waals surface area contributed by atoms with Crippen LogP contribution in [0.15, 0.2) is 42.5 Å². The third-order valence-electron chi connectivity index (χ3n) is 2.78. The van der Waals surface area contributed by atoms with Crippen LogP contribution >= 0.6 is 11.6 Å². The topological polar surface area (TPSA) is 66.6 Å². The molecule has 2 aromatic rings. The molecule has 0 fully saturated rings. The van der Waals surface area contributed by atoms with E-state index in [0.717, 1.165) is 0 Å². The number of amides is 1. The first kappa shape index (κ1) is 13.2. The number of phenols is 1. The second-order valence-corrected chi connectivity index (χ2v) is 4.47. The molecule has 0 aromatic heterocycles. The predicted molar refractivity (Wildman–Crippen MR) is 76.7 cm³/mol. The van der Waals surface area contributed by atoms with Crippen LogP contribution in [0.5, 0.6) is 5.75 Å². The lowest BCUT2D eigenvalue weighted by Crippen LogP contribution is -2.26. The zero-order valence-electron chi connectivity index (χ0n) is 10.3. The van der Waals surface area contributed by atoms with Gasteiger partial charge < -0.3 is 15.7 Å². The molecule has 0 aliphatic rings. The number of nitrogens with zero attached hydrogens (tertiary/aromatic N) is 1. The number of hydrogen-bond donors (Lipinski definition) is 2. The fourth-order valence-electron chi connectivity index (χ4n) is 1.71. The Hall–Kier alpha value is -2.20. The third-order valence-corrected chi connectivity index (χ3v) is 3.20. The molecule has 2 aromatic carbocycles. The summed E-state index contributed by atoms with van der Waals surface area (Å²) < 4.78 is 0. The number of carbonyl (C=O) groups is 1. The average Bonchev–Trinajstić information content (AvgIpc) is 2.40. The summed E-state index contributed by atoms with van der Waals surface area (Å²) in [5, 5.41) is 9.66. The molecule has 0 saturated heterocycles. The molecule has 0 bridgehead atoms. The number of anilines is 2. The van der Waals surface area contributed by atoms with Gasteiger partial charge in [-0.15, -0.1) is 0 Å². The van der Waals surface area contributed by atoms with Crippen LogP contribution < -0.4 is 10.6 Å². The molecule has 4 nitrogen and oxygen atoms in total. The standard InChI is InChI=1S/C14H13ClN2O2/c1-17(9-4-2-5-10(18)8-9)14(19)11-6-3-7-12(16)13(11)15/h2-8,18H,16H2,1H3. The molecular weight excluding hydrogens is 264 g/mol. The summed E-state index contributed by atoms with van der Waals surface area (Å²) in [7, 11) is 1.61. The van der Waals surface area contributed by atoms with E-state index in [0.29, 0.717) is 16.9 Å². The van der Waals surface area contributed by atoms with Crippen LogP contribution in [0, 0.1) is 0 Å². The lowest BCUT2D eigenvalue weighted by atomic mass is 10.1. The van der Waals surface area contributed by atoms with Gasteiger partial charge in [-0.05, 0) is 24.3 Å². The molecule has 98 valence electrons. The third kappa shape index (κ3) is 2.63. The maximum absolute atomic E-state index is 12.3. The van der Waals surface area contributed by atoms with E-state index in [1.54, 1.807) is 37.4 Å². The number of hydrogen-bond acceptors (Lipinski definition) is 3. The Balaban J connectivity index is 2.36. The van der Waals surface area contributed by atoms with Gasteiger partial charge in [0.15, 0.2) is 0 Å². The second kappa shape index (κ2) is 5.20. The van der Waals surface area contributed by atoms with Gasteiger partial charge in [0, 0.05) is 18.8 Å². The van der Waals surface area contributed by atoms with Crippen molar-refractivity contribution in [1.29, 1.82) is 0 Å². The molecule has 0 saturated carbocycles. The molecule has 0 radical (unpaired) electrons. The molecule has 2 rings (SSSR count). The summed E-state index contributed by atoms with van der Waals surface area (Å²) in [6.07, 6.45) is 0. The maximum Gasteiger partial charge on any atom is 0.259 e. The smallest absolute Gasteiger partial charge is 0.259 e. The van der Waals surface area contributed by atoms with Crippen molar-refractivity contribution in [3.63, 3.8) is 0 Å². The Morgan fingerprint density at radius 1 is 1.26 bits per heavy atom. The number of aromatic hydroxyl groups is 1. The first-order chi connectivity index (χ1) is 9.00. The van der Waals surface area contributed by atoms with Gasteiger partial charge in [0.05, 0.1) is 16.3 Å². The molecule has 3 N–H and O–H groups in total. The van der Waals surface area contributed by atoms with Crippen molar-refractivity contribution in [2.75, 3.05) is 17.7 Å². The van der Waals surface area contributed by atoms with E-state index < -0.39 is 0 Å². The highest BCUT2D eigenvalue weighted by Crippen LogP contribution is 2.26. The summed E-state index contributed by atoms with van der Waals surface area (Å²) in [4.78, 5) is 13.7. The summed E-state index contributed by atoms with van der Waals surface area (Å²) in [6, 6.07) is 11.3. The SMILES string of the molecule is CN(C(=O)c1cccc(N)c1Cl)c1cccc(O)c1. The van der Waals surface area contributed by atoms with Crippen molar-refractivity contribution in [2.45, 2.75) is 0 Å². The van der Waals surface area contributed by atoms with E-state index in [9.17, 15) is 9.90 Å². The Bertz CT molecular complexity index is 629. The number of nitrogens with two attached hydrogens (primary N) is 1. The number of nitrogen functional groups attached to an aromatic ring is 1. The van der Waals surface area contributed by atoms with Crippen molar-refractivity contribution in [3.8, 4) is 5.75 Å². The number of rotatable bonds is 2. The predicted octanol–water partition coefficient (Wildman–Crippen LogP) is 2.90. The van der Waals surface area contributed by atoms with E-state index in [-0.39, 0.29) is 16.7 Å². The van der Waals surface area contributed by atoms with Crippen LogP contribution in [0.25, 0.3) is 0 Å². The van der Waals surface area contributed by atoms with E-state index in [1.165, 1.54) is 17.0 Å². The van der Waals surface area contributed by atoms with E-state index in [4.69, 9.17) is 17.3 Å². The van der Waals surface area contributed by atoms with Crippen molar-refractivity contribution in [2.24, 2.45) is 0 Å². The second-order valence-electron chi connectivity index (χ2n) is 4.09. The molecule has 1 amide bonds. The highest BCUT2D eigenvalue weighted by molar-refractivity contribution is 6.36. The van der Waals surface area contributed by atoms with Crippen molar-refractivity contribution in [3.05, 3.63) is 53.1 Å². The average molecular weight is 277 g/mol. The highest BCUT2D eigenvalue weighted by atomic mass is 35.5. The van der Waals surface area contributed by atoms with E-state index >= 15 is 0 Å². The molecule has 0 aliphatic carbocycles. The van der Waals surface area contributed by atoms with Gasteiger partial charge >= 0.3 is 0 Å². The lowest BCUT2D eigenvalue weighted by Gasteiger charge is -2.18. The fourth-order valence-corrected chi connectivity index (χ4v) is 1.92. The van der Waals surface area contributed by atoms with E-state index in [1.807, 2.05) is 0 Å². The largest absolute Gasteiger partial charge is 0.508 e. The summed E-state index contributed by atoms with van der Waals surface area (Å²) in [5.41, 5.74) is 6.94. The zero-order valence-corrected chi connectivity index (χ0v) is 11.1. The lowest BCUT2D eigenvalue weighted by molar-refractivity contribution is 0.0993. The number of benzene rings is 2.